The number of nitrogens with zero attached hydrogens (tertiary/aromatic N) is 5. The monoisotopic (exact) mass is 447 g/mol. The number of halogens is 6. The molecular weight excluding hydrogens is 424 g/mol. The summed E-state index contributed by atoms with van der Waals surface area (Å²) in [6.07, 6.45) is -8.52. The number of piperazine rings is 1. The van der Waals surface area contributed by atoms with E-state index in [0.717, 1.165) is 44.4 Å². The summed E-state index contributed by atoms with van der Waals surface area (Å²) in [5, 5.41) is 5.92. The van der Waals surface area contributed by atoms with Crippen molar-refractivity contribution >= 4 is 17.1 Å². The van der Waals surface area contributed by atoms with Gasteiger partial charge >= 0.3 is 12.4 Å². The Morgan fingerprint density at radius 2 is 1.71 bits per heavy atom. The van der Waals surface area contributed by atoms with Gasteiger partial charge in [0.05, 0.1) is 17.3 Å². The third kappa shape index (κ3) is 5.85. The van der Waals surface area contributed by atoms with Crippen molar-refractivity contribution in [3.05, 3.63) is 41.1 Å². The second-order valence-corrected chi connectivity index (χ2v) is 7.64. The predicted octanol–water partition coefficient (Wildman–Crippen LogP) is 3.79. The standard InChI is InChI=1S/C20H23F6N5/c1-29(2)6-7-30-8-10-31(11-9-30)27-13-14-12-17(20(24,25)26)28-18-15(14)4-3-5-16(18)19(21,22)23/h3-5,12-13H,6-11H2,1-2H3/b27-13-. The van der Waals surface area contributed by atoms with Crippen molar-refractivity contribution in [2.24, 2.45) is 5.10 Å². The van der Waals surface area contributed by atoms with Gasteiger partial charge in [0.2, 0.25) is 0 Å². The number of rotatable bonds is 5. The van der Waals surface area contributed by atoms with Crippen molar-refractivity contribution in [3.8, 4) is 0 Å². The summed E-state index contributed by atoms with van der Waals surface area (Å²) in [5.41, 5.74) is -3.38. The minimum absolute atomic E-state index is 0.0313. The smallest absolute Gasteiger partial charge is 0.308 e. The van der Waals surface area contributed by atoms with E-state index in [0.29, 0.717) is 13.1 Å². The Morgan fingerprint density at radius 1 is 1.03 bits per heavy atom. The molecule has 0 bridgehead atoms. The van der Waals surface area contributed by atoms with Crippen LogP contribution in [0, 0.1) is 0 Å². The third-order valence-corrected chi connectivity index (χ3v) is 5.04. The average Bonchev–Trinajstić information content (AvgIpc) is 2.69. The van der Waals surface area contributed by atoms with Crippen molar-refractivity contribution < 1.29 is 26.3 Å². The van der Waals surface area contributed by atoms with Crippen LogP contribution in [-0.4, -0.2) is 79.4 Å². The molecule has 1 saturated heterocycles. The lowest BCUT2D eigenvalue weighted by Gasteiger charge is -2.33. The molecule has 3 rings (SSSR count). The molecule has 0 spiro atoms. The van der Waals surface area contributed by atoms with Crippen LogP contribution in [-0.2, 0) is 12.4 Å². The van der Waals surface area contributed by atoms with Gasteiger partial charge in [0.25, 0.3) is 0 Å². The van der Waals surface area contributed by atoms with E-state index in [-0.39, 0.29) is 10.9 Å². The van der Waals surface area contributed by atoms with Gasteiger partial charge in [-0.05, 0) is 26.2 Å². The van der Waals surface area contributed by atoms with Gasteiger partial charge in [0.15, 0.2) is 0 Å². The summed E-state index contributed by atoms with van der Waals surface area (Å²) >= 11 is 0. The highest BCUT2D eigenvalue weighted by atomic mass is 19.4. The Morgan fingerprint density at radius 3 is 2.29 bits per heavy atom. The number of alkyl halides is 6. The van der Waals surface area contributed by atoms with E-state index in [1.165, 1.54) is 12.3 Å². The highest BCUT2D eigenvalue weighted by Gasteiger charge is 2.37. The topological polar surface area (TPSA) is 35.0 Å². The molecule has 1 aliphatic rings. The van der Waals surface area contributed by atoms with Crippen LogP contribution >= 0.6 is 0 Å². The fourth-order valence-corrected chi connectivity index (χ4v) is 3.32. The molecule has 0 radical (unpaired) electrons. The summed E-state index contributed by atoms with van der Waals surface area (Å²) in [6, 6.07) is 3.93. The van der Waals surface area contributed by atoms with E-state index in [2.05, 4.69) is 19.9 Å². The summed E-state index contributed by atoms with van der Waals surface area (Å²) in [4.78, 5) is 7.61. The average molecular weight is 447 g/mol. The van der Waals surface area contributed by atoms with Crippen LogP contribution in [0.1, 0.15) is 16.8 Å². The highest BCUT2D eigenvalue weighted by Crippen LogP contribution is 2.37. The molecule has 0 saturated carbocycles. The molecule has 0 aliphatic carbocycles. The molecule has 11 heteroatoms. The van der Waals surface area contributed by atoms with Gasteiger partial charge in [-0.1, -0.05) is 12.1 Å². The molecule has 0 amide bonds. The molecule has 0 unspecified atom stereocenters. The van der Waals surface area contributed by atoms with E-state index in [9.17, 15) is 26.3 Å². The number of benzene rings is 1. The first-order valence-electron chi connectivity index (χ1n) is 9.69. The van der Waals surface area contributed by atoms with Gasteiger partial charge in [-0.25, -0.2) is 4.98 Å². The minimum Gasteiger partial charge on any atom is -0.308 e. The number of hydrogen-bond donors (Lipinski definition) is 0. The molecule has 1 aromatic heterocycles. The first-order valence-corrected chi connectivity index (χ1v) is 9.69. The molecule has 1 fully saturated rings. The van der Waals surface area contributed by atoms with Crippen LogP contribution in [0.25, 0.3) is 10.9 Å². The quantitative estimate of drug-likeness (QED) is 0.516. The van der Waals surface area contributed by atoms with Gasteiger partial charge < -0.3 is 4.90 Å². The van der Waals surface area contributed by atoms with Gasteiger partial charge in [-0.2, -0.15) is 31.4 Å². The van der Waals surface area contributed by atoms with Crippen LogP contribution in [0.4, 0.5) is 26.3 Å². The van der Waals surface area contributed by atoms with Crippen LogP contribution < -0.4 is 0 Å². The number of para-hydroxylation sites is 1. The van der Waals surface area contributed by atoms with Gasteiger partial charge in [0, 0.05) is 50.2 Å². The Balaban J connectivity index is 1.88. The van der Waals surface area contributed by atoms with Crippen molar-refractivity contribution in [2.75, 3.05) is 53.4 Å². The second-order valence-electron chi connectivity index (χ2n) is 7.64. The summed E-state index contributed by atoms with van der Waals surface area (Å²) in [7, 11) is 3.97. The van der Waals surface area contributed by atoms with Gasteiger partial charge in [-0.15, -0.1) is 0 Å². The van der Waals surface area contributed by atoms with Crippen LogP contribution in [0.3, 0.4) is 0 Å². The number of hydrazone groups is 1. The molecule has 5 nitrogen and oxygen atoms in total. The number of hydrogen-bond acceptors (Lipinski definition) is 5. The number of aromatic nitrogens is 1. The number of likely N-dealkylation sites (N-methyl/N-ethyl adjacent to an activating group) is 1. The lowest BCUT2D eigenvalue weighted by Crippen LogP contribution is -2.46. The zero-order valence-corrected chi connectivity index (χ0v) is 17.1. The molecule has 170 valence electrons. The van der Waals surface area contributed by atoms with E-state index < -0.39 is 29.1 Å². The largest absolute Gasteiger partial charge is 0.433 e. The Bertz CT molecular complexity index is 930. The van der Waals surface area contributed by atoms with Gasteiger partial charge in [-0.3, -0.25) is 9.91 Å². The second kappa shape index (κ2) is 8.99. The lowest BCUT2D eigenvalue weighted by atomic mass is 10.0. The lowest BCUT2D eigenvalue weighted by molar-refractivity contribution is -0.142. The highest BCUT2D eigenvalue weighted by molar-refractivity contribution is 5.99. The molecule has 31 heavy (non-hydrogen) atoms. The fourth-order valence-electron chi connectivity index (χ4n) is 3.32. The summed E-state index contributed by atoms with van der Waals surface area (Å²) < 4.78 is 79.9. The van der Waals surface area contributed by atoms with Crippen molar-refractivity contribution in [1.82, 2.24) is 19.8 Å². The Labute approximate surface area is 175 Å². The zero-order chi connectivity index (χ0) is 22.8. The van der Waals surface area contributed by atoms with Crippen LogP contribution in [0.15, 0.2) is 29.4 Å². The number of pyridine rings is 1. The first-order chi connectivity index (χ1) is 14.4. The van der Waals surface area contributed by atoms with E-state index >= 15 is 0 Å². The number of fused-ring (bicyclic) bond motifs is 1. The van der Waals surface area contributed by atoms with Crippen molar-refractivity contribution in [3.63, 3.8) is 0 Å². The van der Waals surface area contributed by atoms with Gasteiger partial charge in [0.1, 0.15) is 5.69 Å². The van der Waals surface area contributed by atoms with Crippen molar-refractivity contribution in [2.45, 2.75) is 12.4 Å². The van der Waals surface area contributed by atoms with E-state index in [1.54, 1.807) is 5.01 Å². The fraction of sp³-hybridized carbons (Fsp3) is 0.500. The van der Waals surface area contributed by atoms with E-state index in [1.807, 2.05) is 14.1 Å². The van der Waals surface area contributed by atoms with Crippen LogP contribution in [0.2, 0.25) is 0 Å². The van der Waals surface area contributed by atoms with E-state index in [4.69, 9.17) is 0 Å². The minimum atomic E-state index is -4.88. The normalized spacial score (nSPS) is 16.7. The molecule has 2 heterocycles. The summed E-state index contributed by atoms with van der Waals surface area (Å²) in [6.45, 7) is 4.45. The third-order valence-electron chi connectivity index (χ3n) is 5.04. The molecule has 0 atom stereocenters. The molecular formula is C20H23F6N5. The van der Waals surface area contributed by atoms with Crippen LogP contribution in [0.5, 0.6) is 0 Å². The zero-order valence-electron chi connectivity index (χ0n) is 17.1. The molecule has 0 N–H and O–H groups in total. The molecule has 2 aromatic rings. The summed E-state index contributed by atoms with van der Waals surface area (Å²) in [5.74, 6) is 0. The Hall–Kier alpha value is -2.40. The molecule has 1 aliphatic heterocycles. The van der Waals surface area contributed by atoms with Crippen molar-refractivity contribution in [1.29, 1.82) is 0 Å². The Kier molecular flexibility index (Phi) is 6.75. The maximum absolute atomic E-state index is 13.3. The maximum atomic E-state index is 13.3. The molecule has 1 aromatic carbocycles. The maximum Gasteiger partial charge on any atom is 0.433 e. The predicted molar refractivity (Wildman–Crippen MR) is 106 cm³/mol. The first kappa shape index (κ1) is 23.3. The SMILES string of the molecule is CN(C)CCN1CCN(/N=C\c2cc(C(F)(F)F)nc3c(C(F)(F)F)cccc23)CC1.